The fourth-order valence-electron chi connectivity index (χ4n) is 3.29. The Morgan fingerprint density at radius 1 is 1.03 bits per heavy atom. The molecule has 2 aromatic carbocycles. The van der Waals surface area contributed by atoms with Gasteiger partial charge in [-0.2, -0.15) is 0 Å². The van der Waals surface area contributed by atoms with E-state index < -0.39 is 9.84 Å². The summed E-state index contributed by atoms with van der Waals surface area (Å²) in [4.78, 5) is 24.4. The highest BCUT2D eigenvalue weighted by Crippen LogP contribution is 2.32. The number of carbonyl (C=O) groups excluding carboxylic acids is 1. The summed E-state index contributed by atoms with van der Waals surface area (Å²) in [6.45, 7) is 5.94. The summed E-state index contributed by atoms with van der Waals surface area (Å²) >= 11 is 1.45. The lowest BCUT2D eigenvalue weighted by Gasteiger charge is -2.19. The van der Waals surface area contributed by atoms with Gasteiger partial charge in [0.05, 0.1) is 33.1 Å². The summed E-state index contributed by atoms with van der Waals surface area (Å²) in [5.41, 5.74) is 4.28. The van der Waals surface area contributed by atoms with E-state index in [0.29, 0.717) is 10.7 Å². The van der Waals surface area contributed by atoms with E-state index in [4.69, 9.17) is 4.98 Å². The van der Waals surface area contributed by atoms with Gasteiger partial charge in [0.15, 0.2) is 15.0 Å². The van der Waals surface area contributed by atoms with Crippen LogP contribution in [0.5, 0.6) is 0 Å². The maximum Gasteiger partial charge on any atom is 0.260 e. The predicted molar refractivity (Wildman–Crippen MR) is 128 cm³/mol. The highest BCUT2D eigenvalue weighted by atomic mass is 32.2. The Morgan fingerprint density at radius 2 is 1.75 bits per heavy atom. The second-order valence-corrected chi connectivity index (χ2v) is 10.8. The van der Waals surface area contributed by atoms with Gasteiger partial charge in [0, 0.05) is 11.8 Å². The zero-order valence-corrected chi connectivity index (χ0v) is 19.7. The molecule has 0 spiro atoms. The summed E-state index contributed by atoms with van der Waals surface area (Å²) in [5.74, 6) is -0.250. The number of pyridine rings is 1. The lowest BCUT2D eigenvalue weighted by molar-refractivity contribution is 0.0984. The standard InChI is InChI=1S/C24H23N3O3S2/c1-4-32(29,30)20-10-8-18(9-11-20)23(28)27(15-19-7-5-6-12-25-19)24-26-21-13-16(2)17(3)14-22(21)31-24/h5-14H,4,15H2,1-3H3. The Kier molecular flexibility index (Phi) is 6.08. The molecule has 164 valence electrons. The molecule has 0 saturated heterocycles. The van der Waals surface area contributed by atoms with E-state index in [0.717, 1.165) is 21.5 Å². The van der Waals surface area contributed by atoms with Gasteiger partial charge >= 0.3 is 0 Å². The van der Waals surface area contributed by atoms with E-state index in [2.05, 4.69) is 18.0 Å². The first kappa shape index (κ1) is 22.1. The molecule has 2 aromatic heterocycles. The van der Waals surface area contributed by atoms with E-state index >= 15 is 0 Å². The summed E-state index contributed by atoms with van der Waals surface area (Å²) in [5, 5.41) is 0.575. The van der Waals surface area contributed by atoms with Crippen molar-refractivity contribution in [3.05, 3.63) is 83.2 Å². The Hall–Kier alpha value is -3.10. The van der Waals surface area contributed by atoms with Crippen LogP contribution in [0.2, 0.25) is 0 Å². The lowest BCUT2D eigenvalue weighted by atomic mass is 10.1. The first-order valence-corrected chi connectivity index (χ1v) is 12.7. The maximum absolute atomic E-state index is 13.5. The molecular formula is C24H23N3O3S2. The molecule has 1 amide bonds. The van der Waals surface area contributed by atoms with Crippen LogP contribution in [-0.4, -0.2) is 30.0 Å². The number of fused-ring (bicyclic) bond motifs is 1. The number of aryl methyl sites for hydroxylation is 2. The first-order chi connectivity index (χ1) is 15.3. The normalized spacial score (nSPS) is 11.6. The van der Waals surface area contributed by atoms with Crippen molar-refractivity contribution in [1.29, 1.82) is 0 Å². The topological polar surface area (TPSA) is 80.2 Å². The quantitative estimate of drug-likeness (QED) is 0.403. The van der Waals surface area contributed by atoms with Gasteiger partial charge in [-0.15, -0.1) is 0 Å². The molecule has 4 aromatic rings. The third-order valence-electron chi connectivity index (χ3n) is 5.36. The molecule has 32 heavy (non-hydrogen) atoms. The third kappa shape index (κ3) is 4.42. The largest absolute Gasteiger partial charge is 0.278 e. The molecule has 4 rings (SSSR count). The fourth-order valence-corrected chi connectivity index (χ4v) is 5.22. The predicted octanol–water partition coefficient (Wildman–Crippen LogP) is 4.95. The molecule has 0 aliphatic carbocycles. The van der Waals surface area contributed by atoms with Crippen molar-refractivity contribution in [2.24, 2.45) is 0 Å². The molecular weight excluding hydrogens is 442 g/mol. The number of amides is 1. The molecule has 0 N–H and O–H groups in total. The van der Waals surface area contributed by atoms with Gasteiger partial charge in [-0.3, -0.25) is 14.7 Å². The van der Waals surface area contributed by atoms with Crippen molar-refractivity contribution in [3.63, 3.8) is 0 Å². The van der Waals surface area contributed by atoms with E-state index in [1.165, 1.54) is 29.0 Å². The van der Waals surface area contributed by atoms with Crippen molar-refractivity contribution in [2.45, 2.75) is 32.2 Å². The molecule has 0 aliphatic rings. The molecule has 6 nitrogen and oxygen atoms in total. The van der Waals surface area contributed by atoms with Crippen molar-refractivity contribution in [1.82, 2.24) is 9.97 Å². The molecule has 0 saturated carbocycles. The Morgan fingerprint density at radius 3 is 2.41 bits per heavy atom. The first-order valence-electron chi connectivity index (χ1n) is 10.2. The van der Waals surface area contributed by atoms with Crippen LogP contribution >= 0.6 is 11.3 Å². The smallest absolute Gasteiger partial charge is 0.260 e. The minimum atomic E-state index is -3.33. The van der Waals surface area contributed by atoms with Crippen LogP contribution in [0.3, 0.4) is 0 Å². The number of sulfone groups is 1. The highest BCUT2D eigenvalue weighted by Gasteiger charge is 2.23. The maximum atomic E-state index is 13.5. The van der Waals surface area contributed by atoms with E-state index in [-0.39, 0.29) is 23.1 Å². The molecule has 0 fully saturated rings. The highest BCUT2D eigenvalue weighted by molar-refractivity contribution is 7.91. The van der Waals surface area contributed by atoms with Crippen LogP contribution in [0.1, 0.15) is 34.1 Å². The summed E-state index contributed by atoms with van der Waals surface area (Å²) in [7, 11) is -3.33. The van der Waals surface area contributed by atoms with Gasteiger partial charge in [-0.05, 0) is 73.5 Å². The zero-order valence-electron chi connectivity index (χ0n) is 18.1. The van der Waals surface area contributed by atoms with Crippen molar-refractivity contribution >= 4 is 42.4 Å². The summed E-state index contributed by atoms with van der Waals surface area (Å²) in [6, 6.07) is 15.7. The van der Waals surface area contributed by atoms with Crippen molar-refractivity contribution < 1.29 is 13.2 Å². The van der Waals surface area contributed by atoms with Crippen LogP contribution in [0.15, 0.2) is 65.7 Å². The SMILES string of the molecule is CCS(=O)(=O)c1ccc(C(=O)N(Cc2ccccn2)c2nc3cc(C)c(C)cc3s2)cc1. The molecule has 0 bridgehead atoms. The Bertz CT molecular complexity index is 1340. The van der Waals surface area contributed by atoms with Gasteiger partial charge in [0.25, 0.3) is 5.91 Å². The number of benzene rings is 2. The lowest BCUT2D eigenvalue weighted by Crippen LogP contribution is -2.30. The van der Waals surface area contributed by atoms with Gasteiger partial charge in [-0.25, -0.2) is 13.4 Å². The van der Waals surface area contributed by atoms with Crippen LogP contribution in [-0.2, 0) is 16.4 Å². The number of hydrogen-bond acceptors (Lipinski definition) is 6. The number of hydrogen-bond donors (Lipinski definition) is 0. The second kappa shape index (κ2) is 8.80. The van der Waals surface area contributed by atoms with Gasteiger partial charge in [0.2, 0.25) is 0 Å². The third-order valence-corrected chi connectivity index (χ3v) is 8.15. The number of aromatic nitrogens is 2. The average molecular weight is 466 g/mol. The van der Waals surface area contributed by atoms with E-state index in [1.807, 2.05) is 31.2 Å². The van der Waals surface area contributed by atoms with Crippen molar-refractivity contribution in [3.8, 4) is 0 Å². The number of anilines is 1. The summed E-state index contributed by atoms with van der Waals surface area (Å²) in [6.07, 6.45) is 1.69. The van der Waals surface area contributed by atoms with E-state index in [9.17, 15) is 13.2 Å². The fraction of sp³-hybridized carbons (Fsp3) is 0.208. The monoisotopic (exact) mass is 465 g/mol. The number of nitrogens with zero attached hydrogens (tertiary/aromatic N) is 3. The minimum absolute atomic E-state index is 0.0105. The minimum Gasteiger partial charge on any atom is -0.278 e. The molecule has 0 atom stereocenters. The van der Waals surface area contributed by atoms with Crippen LogP contribution in [0, 0.1) is 13.8 Å². The van der Waals surface area contributed by atoms with Gasteiger partial charge in [0.1, 0.15) is 0 Å². The summed E-state index contributed by atoms with van der Waals surface area (Å²) < 4.78 is 25.2. The zero-order chi connectivity index (χ0) is 22.9. The number of thiazole rings is 1. The van der Waals surface area contributed by atoms with Crippen LogP contribution < -0.4 is 4.90 Å². The second-order valence-electron chi connectivity index (χ2n) is 7.54. The number of carbonyl (C=O) groups is 1. The average Bonchev–Trinajstić information content (AvgIpc) is 3.20. The molecule has 2 heterocycles. The Balaban J connectivity index is 1.75. The van der Waals surface area contributed by atoms with Crippen LogP contribution in [0.25, 0.3) is 10.2 Å². The molecule has 0 unspecified atom stereocenters. The Labute approximate surface area is 191 Å². The van der Waals surface area contributed by atoms with E-state index in [1.54, 1.807) is 30.2 Å². The number of rotatable bonds is 6. The van der Waals surface area contributed by atoms with Gasteiger partial charge in [-0.1, -0.05) is 24.3 Å². The molecule has 0 radical (unpaired) electrons. The van der Waals surface area contributed by atoms with Crippen molar-refractivity contribution in [2.75, 3.05) is 10.7 Å². The van der Waals surface area contributed by atoms with Crippen LogP contribution in [0.4, 0.5) is 5.13 Å². The van der Waals surface area contributed by atoms with Gasteiger partial charge < -0.3 is 0 Å². The molecule has 8 heteroatoms. The molecule has 0 aliphatic heterocycles.